The number of nitrogens with two attached hydrogens (primary N) is 1. The van der Waals surface area contributed by atoms with Gasteiger partial charge in [0, 0.05) is 31.4 Å². The van der Waals surface area contributed by atoms with E-state index in [9.17, 15) is 4.79 Å². The Morgan fingerprint density at radius 3 is 2.55 bits per heavy atom. The molecule has 1 amide bonds. The van der Waals surface area contributed by atoms with Crippen molar-refractivity contribution in [3.8, 4) is 0 Å². The first-order valence-electron chi connectivity index (χ1n) is 7.17. The summed E-state index contributed by atoms with van der Waals surface area (Å²) in [5.41, 5.74) is 5.76. The Hall–Kier alpha value is -1.62. The fourth-order valence-electron chi connectivity index (χ4n) is 1.84. The minimum absolute atomic E-state index is 0.141. The normalized spacial score (nSPS) is 11.2. The number of nitrogens with zero attached hydrogens (tertiary/aromatic N) is 2. The molecule has 0 saturated heterocycles. The third-order valence-electron chi connectivity index (χ3n) is 3.17. The Morgan fingerprint density at radius 1 is 1.40 bits per heavy atom. The molecule has 0 fully saturated rings. The number of carbonyl (C=O) groups is 1. The van der Waals surface area contributed by atoms with Gasteiger partial charge >= 0.3 is 0 Å². The third kappa shape index (κ3) is 4.49. The van der Waals surface area contributed by atoms with E-state index in [4.69, 9.17) is 5.73 Å². The molecule has 112 valence electrons. The second-order valence-corrected chi connectivity index (χ2v) is 5.53. The van der Waals surface area contributed by atoms with Gasteiger partial charge in [-0.25, -0.2) is 4.98 Å². The number of anilines is 1. The summed E-state index contributed by atoms with van der Waals surface area (Å²) in [5.74, 6) is 0.766. The second kappa shape index (κ2) is 7.24. The first-order chi connectivity index (χ1) is 9.43. The Labute approximate surface area is 121 Å². The van der Waals surface area contributed by atoms with Crippen LogP contribution in [-0.4, -0.2) is 36.1 Å². The van der Waals surface area contributed by atoms with Crippen LogP contribution in [0.4, 0.5) is 5.82 Å². The summed E-state index contributed by atoms with van der Waals surface area (Å²) in [6, 6.07) is 3.70. The predicted octanol–water partition coefficient (Wildman–Crippen LogP) is 1.78. The number of rotatable bonds is 7. The predicted molar refractivity (Wildman–Crippen MR) is 83.0 cm³/mol. The quantitative estimate of drug-likeness (QED) is 0.797. The highest BCUT2D eigenvalue weighted by molar-refractivity contribution is 5.94. The number of hydrogen-bond acceptors (Lipinski definition) is 4. The van der Waals surface area contributed by atoms with E-state index in [0.717, 1.165) is 25.3 Å². The Morgan fingerprint density at radius 2 is 2.10 bits per heavy atom. The zero-order chi connectivity index (χ0) is 15.2. The van der Waals surface area contributed by atoms with Crippen LogP contribution in [0.1, 0.15) is 44.5 Å². The molecular weight excluding hydrogens is 252 g/mol. The van der Waals surface area contributed by atoms with Crippen molar-refractivity contribution >= 4 is 11.7 Å². The molecule has 20 heavy (non-hydrogen) atoms. The van der Waals surface area contributed by atoms with Crippen molar-refractivity contribution in [1.82, 2.24) is 10.3 Å². The lowest BCUT2D eigenvalue weighted by molar-refractivity contribution is 0.0915. The maximum atomic E-state index is 12.1. The Kier molecular flexibility index (Phi) is 5.95. The summed E-state index contributed by atoms with van der Waals surface area (Å²) in [5, 5.41) is 2.89. The van der Waals surface area contributed by atoms with Crippen LogP contribution >= 0.6 is 0 Å². The zero-order valence-corrected chi connectivity index (χ0v) is 12.9. The molecule has 0 bridgehead atoms. The van der Waals surface area contributed by atoms with E-state index in [2.05, 4.69) is 29.0 Å². The SMILES string of the molecule is CCCN(CC)c1ccc(C(=O)NC(C)(C)CN)cn1. The highest BCUT2D eigenvalue weighted by atomic mass is 16.1. The van der Waals surface area contributed by atoms with Crippen LogP contribution in [0, 0.1) is 0 Å². The van der Waals surface area contributed by atoms with Gasteiger partial charge in [0.05, 0.1) is 5.56 Å². The van der Waals surface area contributed by atoms with E-state index in [-0.39, 0.29) is 5.91 Å². The maximum Gasteiger partial charge on any atom is 0.253 e. The average molecular weight is 278 g/mol. The van der Waals surface area contributed by atoms with Gasteiger partial charge in [0.2, 0.25) is 0 Å². The smallest absolute Gasteiger partial charge is 0.253 e. The van der Waals surface area contributed by atoms with E-state index in [1.807, 2.05) is 26.0 Å². The van der Waals surface area contributed by atoms with Crippen molar-refractivity contribution in [2.45, 2.75) is 39.7 Å². The molecule has 0 saturated carbocycles. The first kappa shape index (κ1) is 16.4. The van der Waals surface area contributed by atoms with Gasteiger partial charge in [-0.2, -0.15) is 0 Å². The fraction of sp³-hybridized carbons (Fsp3) is 0.600. The lowest BCUT2D eigenvalue weighted by atomic mass is 10.1. The summed E-state index contributed by atoms with van der Waals surface area (Å²) in [4.78, 5) is 18.6. The van der Waals surface area contributed by atoms with Crippen LogP contribution in [0.25, 0.3) is 0 Å². The minimum Gasteiger partial charge on any atom is -0.357 e. The van der Waals surface area contributed by atoms with Crippen molar-refractivity contribution in [3.63, 3.8) is 0 Å². The number of pyridine rings is 1. The molecule has 5 heteroatoms. The molecule has 0 aliphatic carbocycles. The van der Waals surface area contributed by atoms with Gasteiger partial charge in [-0.3, -0.25) is 4.79 Å². The number of amides is 1. The monoisotopic (exact) mass is 278 g/mol. The van der Waals surface area contributed by atoms with Crippen molar-refractivity contribution in [3.05, 3.63) is 23.9 Å². The van der Waals surface area contributed by atoms with E-state index in [0.29, 0.717) is 12.1 Å². The lowest BCUT2D eigenvalue weighted by Gasteiger charge is -2.24. The minimum atomic E-state index is -0.409. The van der Waals surface area contributed by atoms with Crippen LogP contribution < -0.4 is 16.0 Å². The molecule has 0 unspecified atom stereocenters. The van der Waals surface area contributed by atoms with Gasteiger partial charge in [0.15, 0.2) is 0 Å². The van der Waals surface area contributed by atoms with Crippen molar-refractivity contribution in [2.24, 2.45) is 5.73 Å². The summed E-state index contributed by atoms with van der Waals surface area (Å²) < 4.78 is 0. The highest BCUT2D eigenvalue weighted by Gasteiger charge is 2.19. The van der Waals surface area contributed by atoms with Gasteiger partial charge in [-0.05, 0) is 39.3 Å². The molecular formula is C15H26N4O. The largest absolute Gasteiger partial charge is 0.357 e. The lowest BCUT2D eigenvalue weighted by Crippen LogP contribution is -2.48. The molecule has 0 aromatic carbocycles. The number of hydrogen-bond donors (Lipinski definition) is 2. The van der Waals surface area contributed by atoms with Gasteiger partial charge in [-0.15, -0.1) is 0 Å². The zero-order valence-electron chi connectivity index (χ0n) is 12.9. The van der Waals surface area contributed by atoms with Crippen LogP contribution in [0.2, 0.25) is 0 Å². The first-order valence-corrected chi connectivity index (χ1v) is 7.17. The molecule has 1 heterocycles. The molecule has 0 aliphatic heterocycles. The molecule has 1 aromatic rings. The number of carbonyl (C=O) groups excluding carboxylic acids is 1. The summed E-state index contributed by atoms with van der Waals surface area (Å²) in [7, 11) is 0. The molecule has 0 radical (unpaired) electrons. The van der Waals surface area contributed by atoms with Crippen LogP contribution in [0.3, 0.4) is 0 Å². The van der Waals surface area contributed by atoms with Crippen molar-refractivity contribution in [2.75, 3.05) is 24.5 Å². The van der Waals surface area contributed by atoms with E-state index in [1.54, 1.807) is 6.20 Å². The Bertz CT molecular complexity index is 428. The van der Waals surface area contributed by atoms with Crippen LogP contribution in [-0.2, 0) is 0 Å². The molecule has 0 atom stereocenters. The fourth-order valence-corrected chi connectivity index (χ4v) is 1.84. The number of aromatic nitrogens is 1. The molecule has 3 N–H and O–H groups in total. The van der Waals surface area contributed by atoms with E-state index in [1.165, 1.54) is 0 Å². The third-order valence-corrected chi connectivity index (χ3v) is 3.17. The molecule has 0 spiro atoms. The van der Waals surface area contributed by atoms with Crippen LogP contribution in [0.5, 0.6) is 0 Å². The second-order valence-electron chi connectivity index (χ2n) is 5.53. The maximum absolute atomic E-state index is 12.1. The molecule has 0 aliphatic rings. The van der Waals surface area contributed by atoms with E-state index < -0.39 is 5.54 Å². The molecule has 1 aromatic heterocycles. The standard InChI is InChI=1S/C15H26N4O/c1-5-9-19(6-2)13-8-7-12(10-17-13)14(20)18-15(3,4)11-16/h7-8,10H,5-6,9,11,16H2,1-4H3,(H,18,20). The van der Waals surface area contributed by atoms with Gasteiger partial charge < -0.3 is 16.0 Å². The topological polar surface area (TPSA) is 71.2 Å². The Balaban J connectivity index is 2.78. The summed E-state index contributed by atoms with van der Waals surface area (Å²) in [6.07, 6.45) is 2.69. The van der Waals surface area contributed by atoms with Crippen molar-refractivity contribution in [1.29, 1.82) is 0 Å². The van der Waals surface area contributed by atoms with Gasteiger partial charge in [-0.1, -0.05) is 6.92 Å². The van der Waals surface area contributed by atoms with Gasteiger partial charge in [0.1, 0.15) is 5.82 Å². The highest BCUT2D eigenvalue weighted by Crippen LogP contribution is 2.12. The average Bonchev–Trinajstić information content (AvgIpc) is 2.44. The van der Waals surface area contributed by atoms with E-state index >= 15 is 0 Å². The summed E-state index contributed by atoms with van der Waals surface area (Å²) in [6.45, 7) is 10.3. The van der Waals surface area contributed by atoms with Gasteiger partial charge in [0.25, 0.3) is 5.91 Å². The molecule has 5 nitrogen and oxygen atoms in total. The van der Waals surface area contributed by atoms with Crippen LogP contribution in [0.15, 0.2) is 18.3 Å². The summed E-state index contributed by atoms with van der Waals surface area (Å²) >= 11 is 0. The number of nitrogens with one attached hydrogen (secondary N) is 1. The van der Waals surface area contributed by atoms with Crippen molar-refractivity contribution < 1.29 is 4.79 Å². The molecule has 1 rings (SSSR count).